The smallest absolute Gasteiger partial charge is 0.255 e. The number of carbonyl (C=O) groups is 1. The van der Waals surface area contributed by atoms with Crippen LogP contribution in [0.4, 0.5) is 5.69 Å². The lowest BCUT2D eigenvalue weighted by Gasteiger charge is -2.08. The summed E-state index contributed by atoms with van der Waals surface area (Å²) in [5.74, 6) is 0.532. The van der Waals surface area contributed by atoms with Gasteiger partial charge in [0, 0.05) is 21.4 Å². The van der Waals surface area contributed by atoms with E-state index in [1.165, 1.54) is 4.90 Å². The third-order valence-electron chi connectivity index (χ3n) is 2.82. The summed E-state index contributed by atoms with van der Waals surface area (Å²) < 4.78 is 5.13. The van der Waals surface area contributed by atoms with Crippen molar-refractivity contribution >= 4 is 23.4 Å². The zero-order valence-electron chi connectivity index (χ0n) is 12.4. The monoisotopic (exact) mass is 301 g/mol. The molecule has 0 aromatic heterocycles. The van der Waals surface area contributed by atoms with Crippen LogP contribution in [0.1, 0.15) is 24.2 Å². The van der Waals surface area contributed by atoms with E-state index in [2.05, 4.69) is 19.2 Å². The molecule has 3 nitrogen and oxygen atoms in total. The number of hydrogen-bond acceptors (Lipinski definition) is 3. The Labute approximate surface area is 129 Å². The van der Waals surface area contributed by atoms with E-state index < -0.39 is 0 Å². The van der Waals surface area contributed by atoms with E-state index >= 15 is 0 Å². The van der Waals surface area contributed by atoms with Crippen molar-refractivity contribution in [1.29, 1.82) is 0 Å². The van der Waals surface area contributed by atoms with Crippen molar-refractivity contribution in [3.63, 3.8) is 0 Å². The van der Waals surface area contributed by atoms with E-state index in [4.69, 9.17) is 4.74 Å². The number of carbonyl (C=O) groups excluding carboxylic acids is 1. The van der Waals surface area contributed by atoms with Crippen molar-refractivity contribution in [2.24, 2.45) is 0 Å². The van der Waals surface area contributed by atoms with Crippen LogP contribution >= 0.6 is 11.8 Å². The molecule has 2 rings (SSSR count). The second-order valence-electron chi connectivity index (χ2n) is 4.88. The molecule has 0 heterocycles. The van der Waals surface area contributed by atoms with E-state index in [0.717, 1.165) is 5.69 Å². The minimum absolute atomic E-state index is 0.141. The molecule has 0 aliphatic rings. The van der Waals surface area contributed by atoms with E-state index in [9.17, 15) is 4.79 Å². The molecule has 0 saturated heterocycles. The number of nitrogens with one attached hydrogen (secondary N) is 1. The van der Waals surface area contributed by atoms with Crippen LogP contribution < -0.4 is 10.1 Å². The van der Waals surface area contributed by atoms with Gasteiger partial charge >= 0.3 is 0 Å². The predicted octanol–water partition coefficient (Wildman–Crippen LogP) is 4.45. The highest BCUT2D eigenvalue weighted by molar-refractivity contribution is 7.99. The highest BCUT2D eigenvalue weighted by Crippen LogP contribution is 2.24. The second-order valence-corrected chi connectivity index (χ2v) is 6.53. The van der Waals surface area contributed by atoms with Crippen molar-refractivity contribution in [2.75, 3.05) is 12.4 Å². The van der Waals surface area contributed by atoms with Crippen molar-refractivity contribution in [2.45, 2.75) is 24.0 Å². The van der Waals surface area contributed by atoms with Gasteiger partial charge in [0.2, 0.25) is 0 Å². The molecule has 0 fully saturated rings. The molecule has 2 aromatic carbocycles. The maximum Gasteiger partial charge on any atom is 0.255 e. The first-order valence-electron chi connectivity index (χ1n) is 6.80. The maximum absolute atomic E-state index is 12.2. The lowest BCUT2D eigenvalue weighted by molar-refractivity contribution is 0.102. The van der Waals surface area contributed by atoms with Crippen LogP contribution in [0.25, 0.3) is 0 Å². The van der Waals surface area contributed by atoms with Crippen LogP contribution in [0.15, 0.2) is 53.4 Å². The Morgan fingerprint density at radius 3 is 2.48 bits per heavy atom. The number of methoxy groups -OCH3 is 1. The van der Waals surface area contributed by atoms with Crippen LogP contribution in [0.2, 0.25) is 0 Å². The first-order valence-corrected chi connectivity index (χ1v) is 7.68. The average Bonchev–Trinajstić information content (AvgIpc) is 2.49. The van der Waals surface area contributed by atoms with Gasteiger partial charge in [-0.1, -0.05) is 19.9 Å². The third-order valence-corrected chi connectivity index (χ3v) is 3.83. The Kier molecular flexibility index (Phi) is 5.28. The molecule has 0 radical (unpaired) electrons. The number of ether oxygens (including phenoxy) is 1. The van der Waals surface area contributed by atoms with E-state index in [1.54, 1.807) is 37.1 Å². The molecule has 21 heavy (non-hydrogen) atoms. The van der Waals surface area contributed by atoms with Gasteiger partial charge < -0.3 is 10.1 Å². The quantitative estimate of drug-likeness (QED) is 0.829. The molecule has 110 valence electrons. The van der Waals surface area contributed by atoms with Gasteiger partial charge in [-0.05, 0) is 42.5 Å². The van der Waals surface area contributed by atoms with Gasteiger partial charge in [-0.2, -0.15) is 0 Å². The van der Waals surface area contributed by atoms with Crippen LogP contribution in [-0.2, 0) is 0 Å². The first kappa shape index (κ1) is 15.4. The minimum Gasteiger partial charge on any atom is -0.497 e. The van der Waals surface area contributed by atoms with Gasteiger partial charge in [-0.3, -0.25) is 4.79 Å². The predicted molar refractivity (Wildman–Crippen MR) is 88.4 cm³/mol. The molecule has 0 spiro atoms. The Hall–Kier alpha value is -1.94. The summed E-state index contributed by atoms with van der Waals surface area (Å²) in [4.78, 5) is 13.4. The second kappa shape index (κ2) is 7.18. The number of benzene rings is 2. The van der Waals surface area contributed by atoms with E-state index in [1.807, 2.05) is 30.3 Å². The summed E-state index contributed by atoms with van der Waals surface area (Å²) in [7, 11) is 1.59. The fraction of sp³-hybridized carbons (Fsp3) is 0.235. The number of anilines is 1. The molecule has 2 aromatic rings. The van der Waals surface area contributed by atoms with Gasteiger partial charge in [0.1, 0.15) is 5.75 Å². The first-order chi connectivity index (χ1) is 10.1. The lowest BCUT2D eigenvalue weighted by Crippen LogP contribution is -2.11. The van der Waals surface area contributed by atoms with Crippen molar-refractivity contribution in [3.8, 4) is 5.75 Å². The molecule has 0 saturated carbocycles. The van der Waals surface area contributed by atoms with Crippen LogP contribution in [0.3, 0.4) is 0 Å². The molecule has 0 aliphatic carbocycles. The Bertz CT molecular complexity index is 608. The summed E-state index contributed by atoms with van der Waals surface area (Å²) in [6.07, 6.45) is 0. The van der Waals surface area contributed by atoms with Gasteiger partial charge in [-0.15, -0.1) is 11.8 Å². The molecule has 4 heteroatoms. The zero-order valence-corrected chi connectivity index (χ0v) is 13.2. The van der Waals surface area contributed by atoms with Gasteiger partial charge in [0.05, 0.1) is 7.11 Å². The number of amides is 1. The number of hydrogen-bond donors (Lipinski definition) is 1. The van der Waals surface area contributed by atoms with E-state index in [0.29, 0.717) is 16.6 Å². The summed E-state index contributed by atoms with van der Waals surface area (Å²) >= 11 is 1.80. The summed E-state index contributed by atoms with van der Waals surface area (Å²) in [5.41, 5.74) is 1.37. The normalized spacial score (nSPS) is 10.5. The standard InChI is InChI=1S/C17H19NO2S/c1-12(2)21-16-9-7-14(8-10-16)18-17(19)13-5-4-6-15(11-13)20-3/h4-12H,1-3H3,(H,18,19). The van der Waals surface area contributed by atoms with E-state index in [-0.39, 0.29) is 5.91 Å². The number of thioether (sulfide) groups is 1. The highest BCUT2D eigenvalue weighted by atomic mass is 32.2. The van der Waals surface area contributed by atoms with Crippen LogP contribution in [0, 0.1) is 0 Å². The fourth-order valence-electron chi connectivity index (χ4n) is 1.86. The summed E-state index contributed by atoms with van der Waals surface area (Å²) in [5, 5.41) is 3.43. The Balaban J connectivity index is 2.05. The van der Waals surface area contributed by atoms with Crippen molar-refractivity contribution in [3.05, 3.63) is 54.1 Å². The largest absolute Gasteiger partial charge is 0.497 e. The zero-order chi connectivity index (χ0) is 15.2. The number of rotatable bonds is 5. The summed E-state index contributed by atoms with van der Waals surface area (Å²) in [6, 6.07) is 15.0. The molecular weight excluding hydrogens is 282 g/mol. The molecule has 0 aliphatic heterocycles. The van der Waals surface area contributed by atoms with Gasteiger partial charge in [-0.25, -0.2) is 0 Å². The summed E-state index contributed by atoms with van der Waals surface area (Å²) in [6.45, 7) is 4.31. The highest BCUT2D eigenvalue weighted by Gasteiger charge is 2.07. The molecule has 0 atom stereocenters. The van der Waals surface area contributed by atoms with Gasteiger partial charge in [0.25, 0.3) is 5.91 Å². The van der Waals surface area contributed by atoms with Crippen LogP contribution in [0.5, 0.6) is 5.75 Å². The Morgan fingerprint density at radius 2 is 1.86 bits per heavy atom. The molecule has 0 bridgehead atoms. The molecule has 1 amide bonds. The minimum atomic E-state index is -0.141. The van der Waals surface area contributed by atoms with Gasteiger partial charge in [0.15, 0.2) is 0 Å². The average molecular weight is 301 g/mol. The molecule has 1 N–H and O–H groups in total. The van der Waals surface area contributed by atoms with Crippen LogP contribution in [-0.4, -0.2) is 18.3 Å². The molecule has 0 unspecified atom stereocenters. The fourth-order valence-corrected chi connectivity index (χ4v) is 2.69. The van der Waals surface area contributed by atoms with Crippen molar-refractivity contribution in [1.82, 2.24) is 0 Å². The third kappa shape index (κ3) is 4.53. The van der Waals surface area contributed by atoms with Crippen molar-refractivity contribution < 1.29 is 9.53 Å². The topological polar surface area (TPSA) is 38.3 Å². The SMILES string of the molecule is COc1cccc(C(=O)Nc2ccc(SC(C)C)cc2)c1. The molecular formula is C17H19NO2S. The lowest BCUT2D eigenvalue weighted by atomic mass is 10.2. The maximum atomic E-state index is 12.2. The Morgan fingerprint density at radius 1 is 1.14 bits per heavy atom.